The normalized spacial score (nSPS) is 15.3. The zero-order chi connectivity index (χ0) is 47.1. The van der Waals surface area contributed by atoms with Crippen molar-refractivity contribution in [1.29, 1.82) is 0 Å². The summed E-state index contributed by atoms with van der Waals surface area (Å²) in [7, 11) is 1.50. The molecule has 1 amide bonds. The monoisotopic (exact) mass is 908 g/mol. The maximum Gasteiger partial charge on any atom is 0.472 e. The van der Waals surface area contributed by atoms with Crippen molar-refractivity contribution in [2.24, 2.45) is 0 Å². The van der Waals surface area contributed by atoms with Crippen molar-refractivity contribution in [2.45, 2.75) is 167 Å². The maximum absolute atomic E-state index is 12.9. The molecule has 0 aromatic rings. The lowest BCUT2D eigenvalue weighted by molar-refractivity contribution is -0.870. The highest BCUT2D eigenvalue weighted by Gasteiger charge is 2.27. The Bertz CT molecular complexity index is 1490. The molecule has 0 bridgehead atoms. The fourth-order valence-electron chi connectivity index (χ4n) is 5.97. The number of nitrogens with zero attached hydrogens (tertiary/aromatic N) is 1. The van der Waals surface area contributed by atoms with Gasteiger partial charge in [-0.2, -0.15) is 0 Å². The average Bonchev–Trinajstić information content (AvgIpc) is 3.25. The van der Waals surface area contributed by atoms with Gasteiger partial charge in [0, 0.05) is 6.42 Å². The van der Waals surface area contributed by atoms with Gasteiger partial charge in [-0.15, -0.1) is 0 Å². The molecular formula is C55H92N2O6P+. The van der Waals surface area contributed by atoms with Gasteiger partial charge in [0.1, 0.15) is 13.2 Å². The summed E-state index contributed by atoms with van der Waals surface area (Å²) in [5.41, 5.74) is 0. The molecule has 0 saturated carbocycles. The summed E-state index contributed by atoms with van der Waals surface area (Å²) >= 11 is 0. The minimum atomic E-state index is -4.37. The van der Waals surface area contributed by atoms with E-state index < -0.39 is 20.0 Å². The lowest BCUT2D eigenvalue weighted by Gasteiger charge is -2.25. The Morgan fingerprint density at radius 1 is 0.547 bits per heavy atom. The number of carbonyl (C=O) groups excluding carboxylic acids is 1. The number of hydrogen-bond acceptors (Lipinski definition) is 5. The SMILES string of the molecule is CC/C=C\C/C=C\C/C=C\C/C=C\C/C=C\C/C=C\C/C=C\C/C=C\CCCCCCC(=O)NC(COP(=O)(O)OCC[N+](C)(C)C)C(O)/C=C/CC/C=C/CC/C=C/CCCCC. The van der Waals surface area contributed by atoms with Crippen LogP contribution in [0.5, 0.6) is 0 Å². The molecule has 8 nitrogen and oxygen atoms in total. The molecule has 3 N–H and O–H groups in total. The smallest absolute Gasteiger partial charge is 0.387 e. The fourth-order valence-corrected chi connectivity index (χ4v) is 6.70. The molecule has 0 aliphatic rings. The van der Waals surface area contributed by atoms with Crippen molar-refractivity contribution in [3.63, 3.8) is 0 Å². The van der Waals surface area contributed by atoms with Gasteiger partial charge < -0.3 is 19.8 Å². The fraction of sp³-hybridized carbons (Fsp3) is 0.582. The van der Waals surface area contributed by atoms with E-state index in [1.54, 1.807) is 6.08 Å². The van der Waals surface area contributed by atoms with Gasteiger partial charge in [0.15, 0.2) is 0 Å². The Hall–Kier alpha value is -3.36. The Kier molecular flexibility index (Phi) is 42.5. The lowest BCUT2D eigenvalue weighted by atomic mass is 10.1. The van der Waals surface area contributed by atoms with Gasteiger partial charge in [0.05, 0.1) is 39.9 Å². The molecule has 0 radical (unpaired) electrons. The molecule has 0 aliphatic carbocycles. The summed E-state index contributed by atoms with van der Waals surface area (Å²) in [6, 6.07) is -0.893. The van der Waals surface area contributed by atoms with Crippen LogP contribution in [0.4, 0.5) is 0 Å². The molecule has 9 heteroatoms. The predicted octanol–water partition coefficient (Wildman–Crippen LogP) is 14.4. The minimum absolute atomic E-state index is 0.0398. The van der Waals surface area contributed by atoms with Crippen LogP contribution in [0, 0.1) is 0 Å². The zero-order valence-electron chi connectivity index (χ0n) is 41.0. The number of aliphatic hydroxyl groups is 1. The molecule has 3 unspecified atom stereocenters. The number of rotatable bonds is 42. The van der Waals surface area contributed by atoms with Gasteiger partial charge in [-0.25, -0.2) is 4.57 Å². The van der Waals surface area contributed by atoms with Gasteiger partial charge >= 0.3 is 7.82 Å². The lowest BCUT2D eigenvalue weighted by Crippen LogP contribution is -2.45. The molecule has 0 aromatic carbocycles. The van der Waals surface area contributed by atoms with E-state index in [1.165, 1.54) is 19.3 Å². The van der Waals surface area contributed by atoms with Crippen LogP contribution in [0.1, 0.15) is 155 Å². The predicted molar refractivity (Wildman–Crippen MR) is 276 cm³/mol. The number of phosphoric ester groups is 1. The number of carbonyl (C=O) groups is 1. The molecule has 64 heavy (non-hydrogen) atoms. The Balaban J connectivity index is 4.41. The van der Waals surface area contributed by atoms with Crippen molar-refractivity contribution >= 4 is 13.7 Å². The molecule has 0 spiro atoms. The standard InChI is InChI=1S/C55H91N2O6P/c1-6-8-10-12-14-16-18-20-21-22-23-24-25-26-27-28-29-30-31-32-33-34-35-37-39-41-43-45-47-49-55(59)56-53(52-63-64(60,61)62-51-50-57(3,4)5)54(58)48-46-44-42-40-38-36-19-17-15-13-11-9-7-2/h8,10,14-17,20-21,23-24,26-27,29-30,32-33,35,37-38,40,46,48,53-54,58H,6-7,9,11-13,18-19,22,25,28,31,34,36,39,41-45,47,49-52H2,1-5H3,(H-,56,59,60,61)/p+1/b10-8-,16-14-,17-15+,21-20-,24-23-,27-26-,30-29-,33-32-,37-35-,40-38+,48-46+. The molecule has 362 valence electrons. The summed E-state index contributed by atoms with van der Waals surface area (Å²) in [5, 5.41) is 13.8. The number of nitrogens with one attached hydrogen (secondary N) is 1. The van der Waals surface area contributed by atoms with Crippen molar-refractivity contribution in [2.75, 3.05) is 40.9 Å². The molecule has 3 atom stereocenters. The summed E-state index contributed by atoms with van der Waals surface area (Å²) in [6.45, 7) is 4.58. The summed E-state index contributed by atoms with van der Waals surface area (Å²) in [4.78, 5) is 23.2. The van der Waals surface area contributed by atoms with E-state index in [0.717, 1.165) is 116 Å². The van der Waals surface area contributed by atoms with E-state index in [-0.39, 0.29) is 19.1 Å². The number of quaternary nitrogens is 1. The molecule has 0 heterocycles. The van der Waals surface area contributed by atoms with Crippen molar-refractivity contribution in [1.82, 2.24) is 5.32 Å². The first kappa shape index (κ1) is 60.6. The van der Waals surface area contributed by atoms with Crippen LogP contribution in [-0.2, 0) is 18.4 Å². The van der Waals surface area contributed by atoms with Crippen LogP contribution in [0.25, 0.3) is 0 Å². The third-order valence-electron chi connectivity index (χ3n) is 9.83. The van der Waals surface area contributed by atoms with Gasteiger partial charge in [0.2, 0.25) is 5.91 Å². The second kappa shape index (κ2) is 44.8. The van der Waals surface area contributed by atoms with Crippen LogP contribution in [0.2, 0.25) is 0 Å². The number of likely N-dealkylation sites (N-methyl/N-ethyl adjacent to an activating group) is 1. The van der Waals surface area contributed by atoms with Crippen LogP contribution >= 0.6 is 7.82 Å². The van der Waals surface area contributed by atoms with Gasteiger partial charge in [-0.3, -0.25) is 13.8 Å². The van der Waals surface area contributed by atoms with E-state index in [4.69, 9.17) is 9.05 Å². The van der Waals surface area contributed by atoms with Crippen molar-refractivity contribution < 1.29 is 32.9 Å². The number of amides is 1. The van der Waals surface area contributed by atoms with Crippen molar-refractivity contribution in [3.8, 4) is 0 Å². The van der Waals surface area contributed by atoms with Crippen LogP contribution in [0.15, 0.2) is 134 Å². The molecule has 0 saturated heterocycles. The number of aliphatic hydroxyl groups excluding tert-OH is 1. The van der Waals surface area contributed by atoms with E-state index >= 15 is 0 Å². The molecule has 0 fully saturated rings. The van der Waals surface area contributed by atoms with Crippen LogP contribution in [0.3, 0.4) is 0 Å². The highest BCUT2D eigenvalue weighted by Crippen LogP contribution is 2.43. The molecule has 0 aromatic heterocycles. The Labute approximate surface area is 392 Å². The summed E-state index contributed by atoms with van der Waals surface area (Å²) in [5.74, 6) is -0.224. The summed E-state index contributed by atoms with van der Waals surface area (Å²) < 4.78 is 23.5. The van der Waals surface area contributed by atoms with Crippen LogP contribution < -0.4 is 5.32 Å². The molecule has 0 rings (SSSR count). The molecular weight excluding hydrogens is 816 g/mol. The average molecular weight is 908 g/mol. The Morgan fingerprint density at radius 3 is 1.42 bits per heavy atom. The summed E-state index contributed by atoms with van der Waals surface area (Å²) in [6.07, 6.45) is 68.2. The number of allylic oxidation sites excluding steroid dienone is 21. The second-order valence-corrected chi connectivity index (χ2v) is 18.5. The molecule has 0 aliphatic heterocycles. The Morgan fingerprint density at radius 2 is 0.953 bits per heavy atom. The minimum Gasteiger partial charge on any atom is -0.387 e. The number of unbranched alkanes of at least 4 members (excludes halogenated alkanes) is 9. The third kappa shape index (κ3) is 46.6. The van der Waals surface area contributed by atoms with Gasteiger partial charge in [-0.05, 0) is 109 Å². The van der Waals surface area contributed by atoms with E-state index in [1.807, 2.05) is 27.2 Å². The largest absolute Gasteiger partial charge is 0.472 e. The van der Waals surface area contributed by atoms with Gasteiger partial charge in [0.25, 0.3) is 0 Å². The van der Waals surface area contributed by atoms with Crippen molar-refractivity contribution in [3.05, 3.63) is 134 Å². The number of hydrogen-bond donors (Lipinski definition) is 3. The second-order valence-electron chi connectivity index (χ2n) is 17.1. The topological polar surface area (TPSA) is 105 Å². The first-order chi connectivity index (χ1) is 31.0. The maximum atomic E-state index is 12.9. The van der Waals surface area contributed by atoms with Crippen LogP contribution in [-0.4, -0.2) is 73.4 Å². The third-order valence-corrected chi connectivity index (χ3v) is 10.8. The highest BCUT2D eigenvalue weighted by molar-refractivity contribution is 7.47. The number of phosphoric acid groups is 1. The highest BCUT2D eigenvalue weighted by atomic mass is 31.2. The first-order valence-corrected chi connectivity index (χ1v) is 26.1. The zero-order valence-corrected chi connectivity index (χ0v) is 41.9. The van der Waals surface area contributed by atoms with E-state index in [9.17, 15) is 19.4 Å². The first-order valence-electron chi connectivity index (χ1n) is 24.6. The van der Waals surface area contributed by atoms with E-state index in [2.05, 4.69) is 141 Å². The van der Waals surface area contributed by atoms with E-state index in [0.29, 0.717) is 17.4 Å². The quantitative estimate of drug-likeness (QED) is 0.0244. The van der Waals surface area contributed by atoms with Gasteiger partial charge in [-0.1, -0.05) is 173 Å².